The topological polar surface area (TPSA) is 69.7 Å². The highest BCUT2D eigenvalue weighted by Gasteiger charge is 2.31. The van der Waals surface area contributed by atoms with E-state index in [1.54, 1.807) is 12.3 Å². The Morgan fingerprint density at radius 1 is 0.971 bits per heavy atom. The zero-order valence-corrected chi connectivity index (χ0v) is 19.2. The minimum Gasteiger partial charge on any atom is -0.495 e. The van der Waals surface area contributed by atoms with Crippen LogP contribution in [0.5, 0.6) is 5.75 Å². The molecule has 8 nitrogen and oxygen atoms in total. The molecule has 3 aromatic rings. The highest BCUT2D eigenvalue weighted by atomic mass is 19.4. The maximum Gasteiger partial charge on any atom is 0.416 e. The number of nitrogens with one attached hydrogen (secondary N) is 1. The van der Waals surface area contributed by atoms with Crippen molar-refractivity contribution in [2.45, 2.75) is 6.18 Å². The van der Waals surface area contributed by atoms with Gasteiger partial charge >= 0.3 is 6.18 Å². The number of anilines is 5. The molecule has 2 aromatic heterocycles. The molecule has 0 atom stereocenters. The first kappa shape index (κ1) is 23.4. The summed E-state index contributed by atoms with van der Waals surface area (Å²) in [6.07, 6.45) is -2.70. The van der Waals surface area contributed by atoms with Crippen LogP contribution in [0.2, 0.25) is 0 Å². The van der Waals surface area contributed by atoms with Gasteiger partial charge in [-0.2, -0.15) is 23.1 Å². The van der Waals surface area contributed by atoms with Gasteiger partial charge in [-0.1, -0.05) is 6.07 Å². The molecule has 1 aromatic carbocycles. The highest BCUT2D eigenvalue weighted by molar-refractivity contribution is 5.68. The Balaban J connectivity index is 1.59. The molecule has 3 heterocycles. The van der Waals surface area contributed by atoms with Crippen LogP contribution < -0.4 is 24.8 Å². The third-order valence-electron chi connectivity index (χ3n) is 5.48. The van der Waals surface area contributed by atoms with Crippen molar-refractivity contribution in [2.24, 2.45) is 0 Å². The van der Waals surface area contributed by atoms with Crippen molar-refractivity contribution in [1.29, 1.82) is 0 Å². The number of benzene rings is 1. The molecule has 1 aliphatic rings. The minimum atomic E-state index is -4.47. The maximum absolute atomic E-state index is 13.3. The fourth-order valence-corrected chi connectivity index (χ4v) is 3.65. The van der Waals surface area contributed by atoms with Crippen LogP contribution in [0.4, 0.5) is 42.3 Å². The number of alkyl halides is 3. The fraction of sp³-hybridized carbons (Fsp3) is 0.348. The fourth-order valence-electron chi connectivity index (χ4n) is 3.65. The summed E-state index contributed by atoms with van der Waals surface area (Å²) in [5.41, 5.74) is -0.602. The molecule has 11 heteroatoms. The summed E-state index contributed by atoms with van der Waals surface area (Å²) < 4.78 is 45.0. The van der Waals surface area contributed by atoms with Gasteiger partial charge in [0.05, 0.1) is 18.4 Å². The minimum absolute atomic E-state index is 0.173. The summed E-state index contributed by atoms with van der Waals surface area (Å²) in [7, 11) is 5.10. The molecule has 0 spiro atoms. The number of hydrogen-bond donors (Lipinski definition) is 1. The van der Waals surface area contributed by atoms with Crippen LogP contribution in [-0.4, -0.2) is 62.3 Å². The van der Waals surface area contributed by atoms with E-state index in [9.17, 15) is 13.2 Å². The van der Waals surface area contributed by atoms with Gasteiger partial charge in [0.2, 0.25) is 5.95 Å². The molecule has 0 aliphatic carbocycles. The predicted octanol–water partition coefficient (Wildman–Crippen LogP) is 4.04. The first-order valence-corrected chi connectivity index (χ1v) is 10.7. The van der Waals surface area contributed by atoms with Gasteiger partial charge in [-0.25, -0.2) is 4.98 Å². The number of rotatable bonds is 6. The number of halogens is 3. The Morgan fingerprint density at radius 2 is 1.71 bits per heavy atom. The van der Waals surface area contributed by atoms with Crippen molar-refractivity contribution >= 4 is 29.1 Å². The van der Waals surface area contributed by atoms with Crippen molar-refractivity contribution in [1.82, 2.24) is 15.0 Å². The smallest absolute Gasteiger partial charge is 0.416 e. The number of ether oxygens (including phenoxy) is 1. The van der Waals surface area contributed by atoms with Crippen molar-refractivity contribution < 1.29 is 17.9 Å². The monoisotopic (exact) mass is 473 g/mol. The van der Waals surface area contributed by atoms with E-state index < -0.39 is 11.7 Å². The van der Waals surface area contributed by atoms with E-state index in [1.165, 1.54) is 13.2 Å². The Kier molecular flexibility index (Phi) is 6.62. The summed E-state index contributed by atoms with van der Waals surface area (Å²) >= 11 is 0. The highest BCUT2D eigenvalue weighted by Crippen LogP contribution is 2.36. The first-order chi connectivity index (χ1) is 16.2. The van der Waals surface area contributed by atoms with Crippen molar-refractivity contribution in [3.8, 4) is 5.75 Å². The molecule has 180 valence electrons. The summed E-state index contributed by atoms with van der Waals surface area (Å²) in [6.45, 7) is 2.85. The molecule has 0 amide bonds. The van der Waals surface area contributed by atoms with Crippen LogP contribution in [0.3, 0.4) is 0 Å². The number of piperazine rings is 1. The van der Waals surface area contributed by atoms with Gasteiger partial charge in [-0.3, -0.25) is 0 Å². The molecule has 0 bridgehead atoms. The van der Waals surface area contributed by atoms with Crippen molar-refractivity contribution in [3.05, 3.63) is 54.2 Å². The molecule has 0 radical (unpaired) electrons. The van der Waals surface area contributed by atoms with Gasteiger partial charge in [-0.05, 0) is 30.3 Å². The van der Waals surface area contributed by atoms with E-state index in [2.05, 4.69) is 30.1 Å². The van der Waals surface area contributed by atoms with E-state index in [0.29, 0.717) is 30.7 Å². The third kappa shape index (κ3) is 5.24. The number of pyridine rings is 1. The summed E-state index contributed by atoms with van der Waals surface area (Å²) in [5.74, 6) is 2.71. The van der Waals surface area contributed by atoms with Crippen molar-refractivity contribution in [3.63, 3.8) is 0 Å². The van der Waals surface area contributed by atoms with Crippen LogP contribution in [-0.2, 0) is 6.18 Å². The summed E-state index contributed by atoms with van der Waals surface area (Å²) in [4.78, 5) is 19.7. The second-order valence-electron chi connectivity index (χ2n) is 8.01. The molecule has 0 unspecified atom stereocenters. The average Bonchev–Trinajstić information content (AvgIpc) is 2.84. The summed E-state index contributed by atoms with van der Waals surface area (Å²) in [6, 6.07) is 10.8. The lowest BCUT2D eigenvalue weighted by atomic mass is 10.1. The quantitative estimate of drug-likeness (QED) is 0.576. The number of nitrogens with zero attached hydrogens (tertiary/aromatic N) is 6. The van der Waals surface area contributed by atoms with Crippen LogP contribution in [0, 0.1) is 0 Å². The van der Waals surface area contributed by atoms with E-state index >= 15 is 0 Å². The molecule has 1 aliphatic heterocycles. The van der Waals surface area contributed by atoms with Gasteiger partial charge in [0.1, 0.15) is 23.2 Å². The normalized spacial score (nSPS) is 14.2. The first-order valence-electron chi connectivity index (χ1n) is 10.7. The average molecular weight is 474 g/mol. The zero-order chi connectivity index (χ0) is 24.3. The lowest BCUT2D eigenvalue weighted by Crippen LogP contribution is -2.47. The van der Waals surface area contributed by atoms with Crippen LogP contribution >= 0.6 is 0 Å². The number of methoxy groups -OCH3 is 1. The largest absolute Gasteiger partial charge is 0.495 e. The maximum atomic E-state index is 13.3. The van der Waals surface area contributed by atoms with E-state index in [-0.39, 0.29) is 11.4 Å². The van der Waals surface area contributed by atoms with Crippen LogP contribution in [0.25, 0.3) is 0 Å². The molecule has 1 saturated heterocycles. The van der Waals surface area contributed by atoms with Gasteiger partial charge in [0.15, 0.2) is 0 Å². The number of hydrogen-bond acceptors (Lipinski definition) is 8. The van der Waals surface area contributed by atoms with Gasteiger partial charge < -0.3 is 24.8 Å². The standard InChI is InChI=1S/C23H26F3N7O/c1-31(2)21-15-19(28-17-14-16(23(24,25)26)7-8-18(17)34-3)29-22(30-21)33-12-10-32(11-13-33)20-6-4-5-9-27-20/h4-9,14-15H,10-13H2,1-3H3,(H,28,29,30). The molecule has 1 N–H and O–H groups in total. The molecular formula is C23H26F3N7O. The SMILES string of the molecule is COc1ccc(C(F)(F)F)cc1Nc1cc(N(C)C)nc(N2CCN(c3ccccn3)CC2)n1. The van der Waals surface area contributed by atoms with Gasteiger partial charge in [0, 0.05) is 52.5 Å². The molecular weight excluding hydrogens is 447 g/mol. The Hall–Kier alpha value is -3.76. The molecule has 1 fully saturated rings. The number of aromatic nitrogens is 3. The Morgan fingerprint density at radius 3 is 2.32 bits per heavy atom. The van der Waals surface area contributed by atoms with E-state index in [4.69, 9.17) is 4.74 Å². The second kappa shape index (κ2) is 9.62. The predicted molar refractivity (Wildman–Crippen MR) is 126 cm³/mol. The molecule has 4 rings (SSSR count). The third-order valence-corrected chi connectivity index (χ3v) is 5.48. The zero-order valence-electron chi connectivity index (χ0n) is 19.2. The Labute approximate surface area is 196 Å². The molecule has 0 saturated carbocycles. The van der Waals surface area contributed by atoms with E-state index in [0.717, 1.165) is 31.0 Å². The van der Waals surface area contributed by atoms with Crippen molar-refractivity contribution in [2.75, 3.05) is 67.4 Å². The van der Waals surface area contributed by atoms with Gasteiger partial charge in [0.25, 0.3) is 0 Å². The Bertz CT molecular complexity index is 1120. The lowest BCUT2D eigenvalue weighted by Gasteiger charge is -2.35. The van der Waals surface area contributed by atoms with Crippen LogP contribution in [0.1, 0.15) is 5.56 Å². The van der Waals surface area contributed by atoms with E-state index in [1.807, 2.05) is 37.2 Å². The molecule has 34 heavy (non-hydrogen) atoms. The van der Waals surface area contributed by atoms with Gasteiger partial charge in [-0.15, -0.1) is 0 Å². The van der Waals surface area contributed by atoms with Crippen LogP contribution in [0.15, 0.2) is 48.7 Å². The lowest BCUT2D eigenvalue weighted by molar-refractivity contribution is -0.137. The summed E-state index contributed by atoms with van der Waals surface area (Å²) in [5, 5.41) is 3.00. The second-order valence-corrected chi connectivity index (χ2v) is 8.01.